The third-order valence-corrected chi connectivity index (χ3v) is 4.84. The van der Waals surface area contributed by atoms with Gasteiger partial charge >= 0.3 is 0 Å². The Balaban J connectivity index is 1.32. The second-order valence-corrected chi connectivity index (χ2v) is 6.74. The molecule has 0 radical (unpaired) electrons. The third kappa shape index (κ3) is 5.51. The van der Waals surface area contributed by atoms with Gasteiger partial charge in [0.2, 0.25) is 11.8 Å². The van der Waals surface area contributed by atoms with Crippen LogP contribution in [-0.4, -0.2) is 83.9 Å². The number of hydrogen-bond acceptors (Lipinski definition) is 5. The highest BCUT2D eigenvalue weighted by molar-refractivity contribution is 5.85. The Bertz CT molecular complexity index is 566. The minimum atomic E-state index is -0.0641. The summed E-state index contributed by atoms with van der Waals surface area (Å²) in [5.74, 6) is -0.0308. The number of pyridine rings is 1. The summed E-state index contributed by atoms with van der Waals surface area (Å²) in [5, 5.41) is 2.76. The van der Waals surface area contributed by atoms with Crippen molar-refractivity contribution in [3.05, 3.63) is 30.1 Å². The highest BCUT2D eigenvalue weighted by Crippen LogP contribution is 2.07. The Hall–Kier alpha value is -1.99. The van der Waals surface area contributed by atoms with E-state index in [2.05, 4.69) is 20.1 Å². The van der Waals surface area contributed by atoms with E-state index in [1.807, 2.05) is 29.3 Å². The molecule has 7 heteroatoms. The van der Waals surface area contributed by atoms with E-state index >= 15 is 0 Å². The van der Waals surface area contributed by atoms with Crippen molar-refractivity contribution in [3.8, 4) is 0 Å². The molecule has 1 N–H and O–H groups in total. The second-order valence-electron chi connectivity index (χ2n) is 6.74. The van der Waals surface area contributed by atoms with Crippen LogP contribution >= 0.6 is 0 Å². The van der Waals surface area contributed by atoms with Crippen molar-refractivity contribution < 1.29 is 9.59 Å². The molecule has 0 saturated carbocycles. The summed E-state index contributed by atoms with van der Waals surface area (Å²) in [7, 11) is 0. The van der Waals surface area contributed by atoms with Gasteiger partial charge in [0.15, 0.2) is 0 Å². The molecule has 0 bridgehead atoms. The van der Waals surface area contributed by atoms with Crippen molar-refractivity contribution in [2.75, 3.05) is 52.4 Å². The van der Waals surface area contributed by atoms with Gasteiger partial charge in [-0.3, -0.25) is 24.4 Å². The van der Waals surface area contributed by atoms with Gasteiger partial charge in [-0.15, -0.1) is 0 Å². The molecule has 3 rings (SSSR count). The predicted octanol–water partition coefficient (Wildman–Crippen LogP) is -0.0622. The van der Waals surface area contributed by atoms with Crippen molar-refractivity contribution in [1.29, 1.82) is 0 Å². The van der Waals surface area contributed by atoms with Crippen LogP contribution in [0.4, 0.5) is 0 Å². The summed E-state index contributed by atoms with van der Waals surface area (Å²) in [6, 6.07) is 5.97. The molecule has 2 aliphatic heterocycles. The number of carbonyl (C=O) groups is 2. The van der Waals surface area contributed by atoms with Crippen LogP contribution in [0.5, 0.6) is 0 Å². The van der Waals surface area contributed by atoms with E-state index in [9.17, 15) is 9.59 Å². The van der Waals surface area contributed by atoms with Gasteiger partial charge < -0.3 is 10.2 Å². The number of hydrogen-bond donors (Lipinski definition) is 1. The molecule has 0 aliphatic carbocycles. The van der Waals surface area contributed by atoms with E-state index in [0.717, 1.165) is 64.3 Å². The zero-order valence-electron chi connectivity index (χ0n) is 14.7. The Morgan fingerprint density at radius 2 is 1.72 bits per heavy atom. The van der Waals surface area contributed by atoms with E-state index in [1.54, 1.807) is 0 Å². The quantitative estimate of drug-likeness (QED) is 0.782. The number of likely N-dealkylation sites (tertiary alicyclic amines) is 1. The van der Waals surface area contributed by atoms with Crippen molar-refractivity contribution >= 4 is 11.8 Å². The third-order valence-electron chi connectivity index (χ3n) is 4.84. The minimum Gasteiger partial charge on any atom is -0.346 e. The van der Waals surface area contributed by atoms with Gasteiger partial charge in [-0.2, -0.15) is 0 Å². The molecule has 2 fully saturated rings. The normalized spacial score (nSPS) is 19.1. The number of amides is 2. The van der Waals surface area contributed by atoms with Crippen molar-refractivity contribution in [2.45, 2.75) is 19.4 Å². The lowest BCUT2D eigenvalue weighted by Crippen LogP contribution is -2.50. The number of carbonyl (C=O) groups excluding carboxylic acids is 2. The first-order valence-corrected chi connectivity index (χ1v) is 9.10. The molecule has 1 aromatic rings. The van der Waals surface area contributed by atoms with E-state index < -0.39 is 0 Å². The Labute approximate surface area is 149 Å². The van der Waals surface area contributed by atoms with Crippen LogP contribution in [-0.2, 0) is 16.1 Å². The van der Waals surface area contributed by atoms with Gasteiger partial charge in [-0.25, -0.2) is 0 Å². The zero-order valence-corrected chi connectivity index (χ0v) is 14.7. The van der Waals surface area contributed by atoms with Gasteiger partial charge in [0.1, 0.15) is 0 Å². The van der Waals surface area contributed by atoms with Gasteiger partial charge in [0, 0.05) is 52.0 Å². The van der Waals surface area contributed by atoms with Crippen molar-refractivity contribution in [2.24, 2.45) is 0 Å². The maximum Gasteiger partial charge on any atom is 0.241 e. The average molecular weight is 345 g/mol. The Morgan fingerprint density at radius 3 is 2.40 bits per heavy atom. The maximum absolute atomic E-state index is 12.1. The van der Waals surface area contributed by atoms with Crippen LogP contribution in [0.15, 0.2) is 24.4 Å². The zero-order chi connectivity index (χ0) is 17.5. The van der Waals surface area contributed by atoms with Gasteiger partial charge in [0.05, 0.1) is 18.8 Å². The molecule has 136 valence electrons. The maximum atomic E-state index is 12.1. The summed E-state index contributed by atoms with van der Waals surface area (Å²) in [6.45, 7) is 6.57. The Morgan fingerprint density at radius 1 is 1.00 bits per heavy atom. The van der Waals surface area contributed by atoms with Crippen LogP contribution in [0, 0.1) is 0 Å². The minimum absolute atomic E-state index is 0.0334. The molecule has 2 aliphatic rings. The fourth-order valence-electron chi connectivity index (χ4n) is 3.34. The first-order valence-electron chi connectivity index (χ1n) is 9.10. The molecule has 0 unspecified atom stereocenters. The summed E-state index contributed by atoms with van der Waals surface area (Å²) in [4.78, 5) is 34.7. The number of aromatic nitrogens is 1. The smallest absolute Gasteiger partial charge is 0.241 e. The van der Waals surface area contributed by atoms with Crippen LogP contribution in [0.25, 0.3) is 0 Å². The first kappa shape index (κ1) is 17.8. The lowest BCUT2D eigenvalue weighted by Gasteiger charge is -2.34. The number of piperazine rings is 1. The second kappa shape index (κ2) is 8.92. The van der Waals surface area contributed by atoms with E-state index in [0.29, 0.717) is 6.54 Å². The molecule has 3 heterocycles. The van der Waals surface area contributed by atoms with Crippen LogP contribution in [0.2, 0.25) is 0 Å². The lowest BCUT2D eigenvalue weighted by atomic mass is 10.2. The summed E-state index contributed by atoms with van der Waals surface area (Å²) in [5.41, 5.74) is 1.08. The topological polar surface area (TPSA) is 68.8 Å². The first-order chi connectivity index (χ1) is 12.2. The molecule has 0 atom stereocenters. The number of nitrogens with zero attached hydrogens (tertiary/aromatic N) is 4. The van der Waals surface area contributed by atoms with E-state index in [4.69, 9.17) is 0 Å². The highest BCUT2D eigenvalue weighted by atomic mass is 16.2. The van der Waals surface area contributed by atoms with Crippen LogP contribution in [0.3, 0.4) is 0 Å². The largest absolute Gasteiger partial charge is 0.346 e. The summed E-state index contributed by atoms with van der Waals surface area (Å²) < 4.78 is 0. The molecular weight excluding hydrogens is 318 g/mol. The fraction of sp³-hybridized carbons (Fsp3) is 0.611. The van der Waals surface area contributed by atoms with Crippen LogP contribution < -0.4 is 5.32 Å². The van der Waals surface area contributed by atoms with E-state index in [1.165, 1.54) is 0 Å². The fourth-order valence-corrected chi connectivity index (χ4v) is 3.34. The number of rotatable bonds is 6. The molecule has 1 aromatic heterocycles. The van der Waals surface area contributed by atoms with Crippen molar-refractivity contribution in [3.63, 3.8) is 0 Å². The number of nitrogens with one attached hydrogen (secondary N) is 1. The van der Waals surface area contributed by atoms with Gasteiger partial charge in [-0.05, 0) is 25.0 Å². The molecule has 0 spiro atoms. The van der Waals surface area contributed by atoms with Gasteiger partial charge in [0.25, 0.3) is 0 Å². The molecule has 2 saturated heterocycles. The molecule has 0 aromatic carbocycles. The molecule has 7 nitrogen and oxygen atoms in total. The molecule has 25 heavy (non-hydrogen) atoms. The van der Waals surface area contributed by atoms with Gasteiger partial charge in [-0.1, -0.05) is 6.07 Å². The lowest BCUT2D eigenvalue weighted by molar-refractivity contribution is -0.132. The average Bonchev–Trinajstić information content (AvgIpc) is 3.17. The molecule has 2 amide bonds. The SMILES string of the molecule is O=C(CN1CCN(Cc2ccccn2)CC1)NCC(=O)N1CCCC1. The summed E-state index contributed by atoms with van der Waals surface area (Å²) in [6.07, 6.45) is 3.96. The molecular formula is C18H27N5O2. The standard InChI is InChI=1S/C18H27N5O2/c24-17(20-13-18(25)23-7-3-4-8-23)15-22-11-9-21(10-12-22)14-16-5-1-2-6-19-16/h1-2,5-6H,3-4,7-15H2,(H,20,24). The van der Waals surface area contributed by atoms with Crippen LogP contribution in [0.1, 0.15) is 18.5 Å². The predicted molar refractivity (Wildman–Crippen MR) is 94.8 cm³/mol. The van der Waals surface area contributed by atoms with E-state index in [-0.39, 0.29) is 18.4 Å². The monoisotopic (exact) mass is 345 g/mol. The Kier molecular flexibility index (Phi) is 6.36. The van der Waals surface area contributed by atoms with Crippen molar-refractivity contribution in [1.82, 2.24) is 25.0 Å². The summed E-state index contributed by atoms with van der Waals surface area (Å²) >= 11 is 0. The highest BCUT2D eigenvalue weighted by Gasteiger charge is 2.21.